The lowest BCUT2D eigenvalue weighted by molar-refractivity contribution is 0.475. The predicted molar refractivity (Wildman–Crippen MR) is 91.8 cm³/mol. The third-order valence-electron chi connectivity index (χ3n) is 3.98. The zero-order valence-electron chi connectivity index (χ0n) is 11.1. The molecule has 2 aromatic rings. The van der Waals surface area contributed by atoms with Crippen LogP contribution in [0.1, 0.15) is 36.6 Å². The Morgan fingerprint density at radius 1 is 1.20 bits per heavy atom. The summed E-state index contributed by atoms with van der Waals surface area (Å²) in [6, 6.07) is 10.8. The molecular weight excluding hydrogens is 354 g/mol. The van der Waals surface area contributed by atoms with Crippen LogP contribution in [0.2, 0.25) is 5.02 Å². The van der Waals surface area contributed by atoms with Crippen molar-refractivity contribution in [3.05, 3.63) is 50.1 Å². The summed E-state index contributed by atoms with van der Waals surface area (Å²) in [4.78, 5) is 1.42. The van der Waals surface area contributed by atoms with Gasteiger partial charge in [-0.05, 0) is 58.3 Å². The van der Waals surface area contributed by atoms with Crippen molar-refractivity contribution in [3.8, 4) is 0 Å². The van der Waals surface area contributed by atoms with Gasteiger partial charge in [-0.15, -0.1) is 11.3 Å². The minimum Gasteiger partial charge on any atom is -0.376 e. The van der Waals surface area contributed by atoms with Gasteiger partial charge in [-0.2, -0.15) is 0 Å². The molecule has 1 N–H and O–H groups in total. The lowest BCUT2D eigenvalue weighted by Gasteiger charge is -2.25. The average molecular weight is 371 g/mol. The summed E-state index contributed by atoms with van der Waals surface area (Å²) in [7, 11) is 0. The summed E-state index contributed by atoms with van der Waals surface area (Å²) >= 11 is 11.6. The van der Waals surface area contributed by atoms with Crippen LogP contribution in [0, 0.1) is 5.92 Å². The van der Waals surface area contributed by atoms with Crippen LogP contribution >= 0.6 is 38.9 Å². The second-order valence-electron chi connectivity index (χ2n) is 5.28. The number of hydrogen-bond donors (Lipinski definition) is 1. The Morgan fingerprint density at radius 2 is 2.00 bits per heavy atom. The van der Waals surface area contributed by atoms with E-state index >= 15 is 0 Å². The smallest absolute Gasteiger partial charge is 0.0635 e. The molecule has 4 heteroatoms. The first-order chi connectivity index (χ1) is 9.75. The number of hydrogen-bond acceptors (Lipinski definition) is 2. The summed E-state index contributed by atoms with van der Waals surface area (Å²) in [5, 5.41) is 6.63. The first-order valence-electron chi connectivity index (χ1n) is 6.99. The topological polar surface area (TPSA) is 12.0 Å². The van der Waals surface area contributed by atoms with E-state index in [2.05, 4.69) is 44.8 Å². The normalized spacial score (nSPS) is 17.3. The fourth-order valence-corrected chi connectivity index (χ4v) is 4.39. The molecule has 3 rings (SSSR count). The van der Waals surface area contributed by atoms with Crippen LogP contribution in [0.5, 0.6) is 0 Å². The molecule has 1 nitrogen and oxygen atoms in total. The van der Waals surface area contributed by atoms with Crippen molar-refractivity contribution in [1.82, 2.24) is 0 Å². The number of thiophene rings is 1. The van der Waals surface area contributed by atoms with Gasteiger partial charge >= 0.3 is 0 Å². The maximum Gasteiger partial charge on any atom is 0.0635 e. The molecule has 0 radical (unpaired) electrons. The van der Waals surface area contributed by atoms with E-state index in [9.17, 15) is 0 Å². The molecule has 1 aliphatic rings. The van der Waals surface area contributed by atoms with Crippen LogP contribution in [0.4, 0.5) is 5.69 Å². The molecule has 1 aromatic carbocycles. The molecule has 1 atom stereocenters. The van der Waals surface area contributed by atoms with Crippen molar-refractivity contribution < 1.29 is 0 Å². The van der Waals surface area contributed by atoms with Crippen LogP contribution in [0.3, 0.4) is 0 Å². The largest absolute Gasteiger partial charge is 0.376 e. The van der Waals surface area contributed by atoms with Gasteiger partial charge in [0.2, 0.25) is 0 Å². The van der Waals surface area contributed by atoms with Gasteiger partial charge in [0.25, 0.3) is 0 Å². The fraction of sp³-hybridized carbons (Fsp3) is 0.375. The quantitative estimate of drug-likeness (QED) is 0.647. The minimum absolute atomic E-state index is 0.396. The highest BCUT2D eigenvalue weighted by Crippen LogP contribution is 2.41. The number of rotatable bonds is 4. The van der Waals surface area contributed by atoms with Crippen LogP contribution in [-0.4, -0.2) is 0 Å². The number of anilines is 1. The van der Waals surface area contributed by atoms with E-state index in [1.54, 1.807) is 0 Å². The molecule has 0 saturated heterocycles. The van der Waals surface area contributed by atoms with Gasteiger partial charge < -0.3 is 5.32 Å². The summed E-state index contributed by atoms with van der Waals surface area (Å²) in [5.74, 6) is 0.722. The Kier molecular flexibility index (Phi) is 4.69. The van der Waals surface area contributed by atoms with Crippen molar-refractivity contribution >= 4 is 44.6 Å². The Labute approximate surface area is 137 Å². The number of halogens is 2. The van der Waals surface area contributed by atoms with Gasteiger partial charge in [0.1, 0.15) is 0 Å². The standard InChI is InChI=1S/C16H17BrClNS/c17-15-12(18)7-3-8-13(15)19-16(11-5-1-2-6-11)14-9-4-10-20-14/h3-4,7-11,16,19H,1-2,5-6H2. The Bertz CT molecular complexity index is 564. The predicted octanol–water partition coefficient (Wildman–Crippen LogP) is 6.51. The van der Waals surface area contributed by atoms with Gasteiger partial charge in [-0.25, -0.2) is 0 Å². The van der Waals surface area contributed by atoms with E-state index in [4.69, 9.17) is 11.6 Å². The van der Waals surface area contributed by atoms with Gasteiger partial charge in [-0.3, -0.25) is 0 Å². The third kappa shape index (κ3) is 3.05. The monoisotopic (exact) mass is 369 g/mol. The van der Waals surface area contributed by atoms with E-state index in [-0.39, 0.29) is 0 Å². The summed E-state index contributed by atoms with van der Waals surface area (Å²) < 4.78 is 0.959. The van der Waals surface area contributed by atoms with Crippen LogP contribution in [0.25, 0.3) is 0 Å². The molecular formula is C16H17BrClNS. The minimum atomic E-state index is 0.396. The summed E-state index contributed by atoms with van der Waals surface area (Å²) in [5.41, 5.74) is 1.09. The van der Waals surface area contributed by atoms with Crippen molar-refractivity contribution in [2.24, 2.45) is 5.92 Å². The number of nitrogens with one attached hydrogen (secondary N) is 1. The Hall–Kier alpha value is -0.510. The maximum absolute atomic E-state index is 6.20. The highest BCUT2D eigenvalue weighted by molar-refractivity contribution is 9.10. The van der Waals surface area contributed by atoms with Crippen molar-refractivity contribution in [2.45, 2.75) is 31.7 Å². The third-order valence-corrected chi connectivity index (χ3v) is 6.34. The van der Waals surface area contributed by atoms with E-state index in [0.29, 0.717) is 6.04 Å². The maximum atomic E-state index is 6.20. The first-order valence-corrected chi connectivity index (χ1v) is 9.04. The van der Waals surface area contributed by atoms with Gasteiger partial charge in [0, 0.05) is 4.88 Å². The van der Waals surface area contributed by atoms with Crippen molar-refractivity contribution in [3.63, 3.8) is 0 Å². The zero-order valence-corrected chi connectivity index (χ0v) is 14.3. The van der Waals surface area contributed by atoms with Crippen LogP contribution in [-0.2, 0) is 0 Å². The summed E-state index contributed by atoms with van der Waals surface area (Å²) in [6.07, 6.45) is 5.33. The second-order valence-corrected chi connectivity index (χ2v) is 7.46. The zero-order chi connectivity index (χ0) is 13.9. The van der Waals surface area contributed by atoms with E-state index in [1.807, 2.05) is 23.5 Å². The molecule has 1 saturated carbocycles. The lowest BCUT2D eigenvalue weighted by atomic mass is 9.96. The molecule has 106 valence electrons. The van der Waals surface area contributed by atoms with E-state index in [0.717, 1.165) is 21.1 Å². The highest BCUT2D eigenvalue weighted by atomic mass is 79.9. The van der Waals surface area contributed by atoms with Crippen LogP contribution < -0.4 is 5.32 Å². The van der Waals surface area contributed by atoms with Gasteiger partial charge in [0.15, 0.2) is 0 Å². The molecule has 1 aromatic heterocycles. The highest BCUT2D eigenvalue weighted by Gasteiger charge is 2.27. The number of benzene rings is 1. The molecule has 1 unspecified atom stereocenters. The molecule has 0 amide bonds. The average Bonchev–Trinajstić information content (AvgIpc) is 3.13. The van der Waals surface area contributed by atoms with Crippen molar-refractivity contribution in [2.75, 3.05) is 5.32 Å². The van der Waals surface area contributed by atoms with Gasteiger partial charge in [-0.1, -0.05) is 36.6 Å². The van der Waals surface area contributed by atoms with E-state index < -0.39 is 0 Å². The molecule has 20 heavy (non-hydrogen) atoms. The Balaban J connectivity index is 1.88. The lowest BCUT2D eigenvalue weighted by Crippen LogP contribution is -2.18. The first kappa shape index (κ1) is 14.4. The summed E-state index contributed by atoms with van der Waals surface area (Å²) in [6.45, 7) is 0. The molecule has 0 aliphatic heterocycles. The van der Waals surface area contributed by atoms with E-state index in [1.165, 1.54) is 30.6 Å². The molecule has 1 fully saturated rings. The Morgan fingerprint density at radius 3 is 2.70 bits per heavy atom. The SMILES string of the molecule is Clc1cccc(NC(c2cccs2)C2CCCC2)c1Br. The van der Waals surface area contributed by atoms with Gasteiger partial charge in [0.05, 0.1) is 21.2 Å². The van der Waals surface area contributed by atoms with Crippen molar-refractivity contribution in [1.29, 1.82) is 0 Å². The fourth-order valence-electron chi connectivity index (χ4n) is 2.96. The molecule has 0 bridgehead atoms. The second kappa shape index (κ2) is 6.50. The molecule has 1 heterocycles. The van der Waals surface area contributed by atoms with Crippen LogP contribution in [0.15, 0.2) is 40.2 Å². The molecule has 1 aliphatic carbocycles. The molecule has 0 spiro atoms.